The fourth-order valence-electron chi connectivity index (χ4n) is 1.87. The second-order valence-corrected chi connectivity index (χ2v) is 4.82. The highest BCUT2D eigenvalue weighted by Crippen LogP contribution is 2.10. The molecule has 1 aliphatic heterocycles. The van der Waals surface area contributed by atoms with Gasteiger partial charge in [0.05, 0.1) is 0 Å². The molecule has 0 spiro atoms. The second kappa shape index (κ2) is 6.38. The van der Waals surface area contributed by atoms with E-state index in [1.54, 1.807) is 24.4 Å². The van der Waals surface area contributed by atoms with Crippen LogP contribution in [0.3, 0.4) is 0 Å². The van der Waals surface area contributed by atoms with Crippen molar-refractivity contribution in [3.63, 3.8) is 0 Å². The molecule has 1 fully saturated rings. The molecule has 0 bridgehead atoms. The number of carbonyl (C=O) groups is 1. The maximum atomic E-state index is 11.6. The first-order chi connectivity index (χ1) is 9.15. The zero-order chi connectivity index (χ0) is 13.7. The summed E-state index contributed by atoms with van der Waals surface area (Å²) < 4.78 is 0. The standard InChI is InChI=1S/C14H16ClN3O/c1-18-10-2-3-13(18)17-14(19)16-9-8-11-4-6-12(15)7-5-11/h4-9H,2-3,10H2,1H3,(H,16,19). The summed E-state index contributed by atoms with van der Waals surface area (Å²) in [4.78, 5) is 17.6. The highest BCUT2D eigenvalue weighted by molar-refractivity contribution is 6.30. The maximum absolute atomic E-state index is 11.6. The highest BCUT2D eigenvalue weighted by atomic mass is 35.5. The van der Waals surface area contributed by atoms with Crippen molar-refractivity contribution < 1.29 is 4.79 Å². The van der Waals surface area contributed by atoms with Crippen molar-refractivity contribution in [3.8, 4) is 0 Å². The summed E-state index contributed by atoms with van der Waals surface area (Å²) in [5, 5.41) is 3.32. The third-order valence-electron chi connectivity index (χ3n) is 2.92. The quantitative estimate of drug-likeness (QED) is 0.902. The molecule has 1 aromatic carbocycles. The van der Waals surface area contributed by atoms with Gasteiger partial charge in [0.25, 0.3) is 0 Å². The molecule has 19 heavy (non-hydrogen) atoms. The largest absolute Gasteiger partial charge is 0.363 e. The Morgan fingerprint density at radius 3 is 2.79 bits per heavy atom. The number of nitrogens with zero attached hydrogens (tertiary/aromatic N) is 2. The number of aliphatic imine (C=N–C) groups is 1. The number of amidine groups is 1. The van der Waals surface area contributed by atoms with Crippen LogP contribution in [-0.2, 0) is 0 Å². The molecule has 0 aliphatic carbocycles. The number of likely N-dealkylation sites (tertiary alicyclic amines) is 1. The minimum Gasteiger partial charge on any atom is -0.363 e. The average molecular weight is 278 g/mol. The molecule has 0 saturated carbocycles. The fraction of sp³-hybridized carbons (Fsp3) is 0.286. The number of amides is 2. The molecule has 5 heteroatoms. The molecule has 1 N–H and O–H groups in total. The summed E-state index contributed by atoms with van der Waals surface area (Å²) in [5.41, 5.74) is 0.968. The average Bonchev–Trinajstić information content (AvgIpc) is 2.78. The summed E-state index contributed by atoms with van der Waals surface area (Å²) in [6, 6.07) is 7.02. The third kappa shape index (κ3) is 4.10. The van der Waals surface area contributed by atoms with E-state index < -0.39 is 0 Å². The van der Waals surface area contributed by atoms with Crippen molar-refractivity contribution >= 4 is 29.5 Å². The van der Waals surface area contributed by atoms with E-state index in [0.717, 1.165) is 30.8 Å². The Morgan fingerprint density at radius 1 is 1.42 bits per heavy atom. The molecule has 0 unspecified atom stereocenters. The Kier molecular flexibility index (Phi) is 4.58. The summed E-state index contributed by atoms with van der Waals surface area (Å²) in [6.07, 6.45) is 5.31. The number of urea groups is 1. The molecular weight excluding hydrogens is 262 g/mol. The van der Waals surface area contributed by atoms with Gasteiger partial charge in [0.2, 0.25) is 0 Å². The lowest BCUT2D eigenvalue weighted by atomic mass is 10.2. The van der Waals surface area contributed by atoms with E-state index in [1.165, 1.54) is 0 Å². The fourth-order valence-corrected chi connectivity index (χ4v) is 1.99. The maximum Gasteiger partial charge on any atom is 0.346 e. The van der Waals surface area contributed by atoms with E-state index in [4.69, 9.17) is 11.6 Å². The van der Waals surface area contributed by atoms with Crippen molar-refractivity contribution in [3.05, 3.63) is 41.1 Å². The van der Waals surface area contributed by atoms with Crippen LogP contribution in [0.5, 0.6) is 0 Å². The summed E-state index contributed by atoms with van der Waals surface area (Å²) in [7, 11) is 1.95. The first-order valence-electron chi connectivity index (χ1n) is 6.16. The van der Waals surface area contributed by atoms with Crippen LogP contribution in [0.1, 0.15) is 18.4 Å². The number of benzene rings is 1. The van der Waals surface area contributed by atoms with Crippen molar-refractivity contribution in [2.75, 3.05) is 13.6 Å². The number of nitrogens with one attached hydrogen (secondary N) is 1. The molecule has 0 radical (unpaired) electrons. The minimum atomic E-state index is -0.339. The minimum absolute atomic E-state index is 0.339. The zero-order valence-corrected chi connectivity index (χ0v) is 11.5. The van der Waals surface area contributed by atoms with E-state index in [9.17, 15) is 4.79 Å². The first kappa shape index (κ1) is 13.6. The lowest BCUT2D eigenvalue weighted by Gasteiger charge is -2.09. The summed E-state index contributed by atoms with van der Waals surface area (Å²) in [6.45, 7) is 0.965. The van der Waals surface area contributed by atoms with Crippen LogP contribution in [0.25, 0.3) is 6.08 Å². The second-order valence-electron chi connectivity index (χ2n) is 4.39. The molecule has 4 nitrogen and oxygen atoms in total. The van der Waals surface area contributed by atoms with Gasteiger partial charge in [-0.3, -0.25) is 0 Å². The van der Waals surface area contributed by atoms with Crippen molar-refractivity contribution in [1.82, 2.24) is 10.2 Å². The predicted octanol–water partition coefficient (Wildman–Crippen LogP) is 3.14. The number of rotatable bonds is 2. The van der Waals surface area contributed by atoms with Gasteiger partial charge in [-0.2, -0.15) is 4.99 Å². The summed E-state index contributed by atoms with van der Waals surface area (Å²) >= 11 is 5.79. The molecule has 1 aliphatic rings. The lowest BCUT2D eigenvalue weighted by molar-refractivity contribution is 0.252. The smallest absolute Gasteiger partial charge is 0.346 e. The van der Waals surface area contributed by atoms with Gasteiger partial charge in [0.1, 0.15) is 5.84 Å². The third-order valence-corrected chi connectivity index (χ3v) is 3.17. The predicted molar refractivity (Wildman–Crippen MR) is 78.3 cm³/mol. The number of halogens is 1. The van der Waals surface area contributed by atoms with Crippen molar-refractivity contribution in [2.24, 2.45) is 4.99 Å². The monoisotopic (exact) mass is 277 g/mol. The van der Waals surface area contributed by atoms with Crippen LogP contribution in [0.2, 0.25) is 5.02 Å². The molecule has 1 aromatic rings. The Bertz CT molecular complexity index is 508. The van der Waals surface area contributed by atoms with Crippen LogP contribution in [0.4, 0.5) is 4.79 Å². The van der Waals surface area contributed by atoms with Gasteiger partial charge < -0.3 is 10.2 Å². The van der Waals surface area contributed by atoms with Crippen molar-refractivity contribution in [2.45, 2.75) is 12.8 Å². The van der Waals surface area contributed by atoms with E-state index >= 15 is 0 Å². The molecular formula is C14H16ClN3O. The van der Waals surface area contributed by atoms with Crippen LogP contribution in [0, 0.1) is 0 Å². The normalized spacial score (nSPS) is 17.4. The van der Waals surface area contributed by atoms with Crippen LogP contribution < -0.4 is 5.32 Å². The van der Waals surface area contributed by atoms with E-state index in [0.29, 0.717) is 5.02 Å². The lowest BCUT2D eigenvalue weighted by Crippen LogP contribution is -2.23. The van der Waals surface area contributed by atoms with Crippen molar-refractivity contribution in [1.29, 1.82) is 0 Å². The molecule has 2 rings (SSSR count). The van der Waals surface area contributed by atoms with Crippen LogP contribution >= 0.6 is 11.6 Å². The number of hydrogen-bond acceptors (Lipinski definition) is 1. The van der Waals surface area contributed by atoms with Crippen LogP contribution in [-0.4, -0.2) is 30.4 Å². The Morgan fingerprint density at radius 2 is 2.16 bits per heavy atom. The highest BCUT2D eigenvalue weighted by Gasteiger charge is 2.14. The van der Waals surface area contributed by atoms with E-state index in [2.05, 4.69) is 10.3 Å². The first-order valence-corrected chi connectivity index (χ1v) is 6.54. The van der Waals surface area contributed by atoms with Gasteiger partial charge in [0, 0.05) is 31.2 Å². The molecule has 100 valence electrons. The Labute approximate surface area is 117 Å². The molecule has 2 amide bonds. The molecule has 0 atom stereocenters. The van der Waals surface area contributed by atoms with E-state index in [-0.39, 0.29) is 6.03 Å². The number of carbonyl (C=O) groups excluding carboxylic acids is 1. The molecule has 0 aromatic heterocycles. The van der Waals surface area contributed by atoms with Crippen LogP contribution in [0.15, 0.2) is 35.5 Å². The van der Waals surface area contributed by atoms with Gasteiger partial charge in [0.15, 0.2) is 0 Å². The molecule has 1 saturated heterocycles. The zero-order valence-electron chi connectivity index (χ0n) is 10.8. The Balaban J connectivity index is 1.88. The Hall–Kier alpha value is -1.81. The van der Waals surface area contributed by atoms with E-state index in [1.807, 2.05) is 24.1 Å². The number of hydrogen-bond donors (Lipinski definition) is 1. The van der Waals surface area contributed by atoms with Gasteiger partial charge >= 0.3 is 6.03 Å². The van der Waals surface area contributed by atoms with Gasteiger partial charge in [-0.25, -0.2) is 4.79 Å². The van der Waals surface area contributed by atoms with Gasteiger partial charge in [-0.05, 0) is 30.2 Å². The SMILES string of the molecule is CN1CCCC1=NC(=O)NC=Cc1ccc(Cl)cc1. The van der Waals surface area contributed by atoms with Gasteiger partial charge in [-0.1, -0.05) is 23.7 Å². The molecule has 1 heterocycles. The topological polar surface area (TPSA) is 44.7 Å². The van der Waals surface area contributed by atoms with Gasteiger partial charge in [-0.15, -0.1) is 0 Å². The summed E-state index contributed by atoms with van der Waals surface area (Å²) in [5.74, 6) is 0.845.